The summed E-state index contributed by atoms with van der Waals surface area (Å²) < 4.78 is 4.85. The van der Waals surface area contributed by atoms with Gasteiger partial charge in [-0.3, -0.25) is 10.1 Å². The van der Waals surface area contributed by atoms with E-state index in [9.17, 15) is 9.59 Å². The zero-order valence-electron chi connectivity index (χ0n) is 16.1. The minimum atomic E-state index is -0.660. The second-order valence-electron chi connectivity index (χ2n) is 6.92. The molecule has 2 N–H and O–H groups in total. The molecule has 0 fully saturated rings. The van der Waals surface area contributed by atoms with Crippen molar-refractivity contribution in [2.45, 2.75) is 38.9 Å². The molecule has 0 unspecified atom stereocenters. The van der Waals surface area contributed by atoms with E-state index in [0.29, 0.717) is 13.0 Å². The molecule has 5 nitrogen and oxygen atoms in total. The zero-order chi connectivity index (χ0) is 19.6. The van der Waals surface area contributed by atoms with Crippen LogP contribution in [-0.4, -0.2) is 25.0 Å². The number of benzene rings is 2. The summed E-state index contributed by atoms with van der Waals surface area (Å²) in [7, 11) is 1.34. The Balaban J connectivity index is 2.15. The Labute approximate surface area is 161 Å². The molecule has 5 heteroatoms. The van der Waals surface area contributed by atoms with Gasteiger partial charge < -0.3 is 10.1 Å². The van der Waals surface area contributed by atoms with Gasteiger partial charge in [0.1, 0.15) is 12.1 Å². The number of ether oxygens (including phenoxy) is 1. The molecule has 2 aromatic carbocycles. The summed E-state index contributed by atoms with van der Waals surface area (Å²) in [6.07, 6.45) is 0.526. The summed E-state index contributed by atoms with van der Waals surface area (Å²) in [5.41, 5.74) is 1.93. The third kappa shape index (κ3) is 6.53. The summed E-state index contributed by atoms with van der Waals surface area (Å²) in [5.74, 6) is -0.415. The Bertz CT molecular complexity index is 717. The lowest BCUT2D eigenvalue weighted by molar-refractivity contribution is -0.145. The van der Waals surface area contributed by atoms with Gasteiger partial charge in [0, 0.05) is 6.54 Å². The third-order valence-electron chi connectivity index (χ3n) is 4.26. The maximum atomic E-state index is 13.0. The van der Waals surface area contributed by atoms with Crippen LogP contribution in [0.25, 0.3) is 0 Å². The molecule has 0 aliphatic carbocycles. The Hall–Kier alpha value is -2.66. The van der Waals surface area contributed by atoms with Gasteiger partial charge in [0.05, 0.1) is 7.11 Å². The van der Waals surface area contributed by atoms with Crippen LogP contribution in [0, 0.1) is 5.92 Å². The molecule has 0 spiro atoms. The monoisotopic (exact) mass is 368 g/mol. The van der Waals surface area contributed by atoms with Gasteiger partial charge >= 0.3 is 5.97 Å². The molecule has 144 valence electrons. The van der Waals surface area contributed by atoms with E-state index in [4.69, 9.17) is 4.74 Å². The van der Waals surface area contributed by atoms with Gasteiger partial charge in [-0.25, -0.2) is 4.79 Å². The SMILES string of the molecule is COC(=O)[C@H](CC(C)C)NC(=O)[C@@H](NCc1ccccc1)c1ccccc1. The predicted octanol–water partition coefficient (Wildman–Crippen LogP) is 3.22. The lowest BCUT2D eigenvalue weighted by Crippen LogP contribution is -2.47. The number of nitrogens with one attached hydrogen (secondary N) is 2. The average Bonchev–Trinajstić information content (AvgIpc) is 2.68. The van der Waals surface area contributed by atoms with E-state index >= 15 is 0 Å². The molecule has 0 heterocycles. The van der Waals surface area contributed by atoms with Gasteiger partial charge in [0.2, 0.25) is 5.91 Å². The highest BCUT2D eigenvalue weighted by molar-refractivity contribution is 5.88. The number of rotatable bonds is 9. The van der Waals surface area contributed by atoms with Crippen molar-refractivity contribution in [3.05, 3.63) is 71.8 Å². The largest absolute Gasteiger partial charge is 0.467 e. The van der Waals surface area contributed by atoms with E-state index in [0.717, 1.165) is 11.1 Å². The molecule has 2 atom stereocenters. The quantitative estimate of drug-likeness (QED) is 0.667. The zero-order valence-corrected chi connectivity index (χ0v) is 16.1. The van der Waals surface area contributed by atoms with Crippen LogP contribution in [0.15, 0.2) is 60.7 Å². The number of hydrogen-bond acceptors (Lipinski definition) is 4. The van der Waals surface area contributed by atoms with Gasteiger partial charge in [-0.1, -0.05) is 74.5 Å². The predicted molar refractivity (Wildman–Crippen MR) is 106 cm³/mol. The first-order valence-corrected chi connectivity index (χ1v) is 9.21. The average molecular weight is 368 g/mol. The summed E-state index contributed by atoms with van der Waals surface area (Å²) in [6.45, 7) is 4.55. The van der Waals surface area contributed by atoms with Crippen LogP contribution in [0.1, 0.15) is 37.4 Å². The molecule has 2 aromatic rings. The molecular formula is C22H28N2O3. The van der Waals surface area contributed by atoms with Crippen LogP contribution in [0.2, 0.25) is 0 Å². The van der Waals surface area contributed by atoms with Crippen LogP contribution in [0.3, 0.4) is 0 Å². The maximum Gasteiger partial charge on any atom is 0.328 e. The van der Waals surface area contributed by atoms with Crippen LogP contribution in [0.4, 0.5) is 0 Å². The minimum Gasteiger partial charge on any atom is -0.467 e. The van der Waals surface area contributed by atoms with E-state index in [-0.39, 0.29) is 11.8 Å². The summed E-state index contributed by atoms with van der Waals surface area (Å²) in [5, 5.41) is 6.16. The minimum absolute atomic E-state index is 0.242. The molecule has 0 aliphatic rings. The van der Waals surface area contributed by atoms with E-state index in [1.165, 1.54) is 7.11 Å². The maximum absolute atomic E-state index is 13.0. The van der Waals surface area contributed by atoms with Gasteiger partial charge in [-0.15, -0.1) is 0 Å². The molecule has 0 saturated carbocycles. The molecule has 2 rings (SSSR count). The smallest absolute Gasteiger partial charge is 0.328 e. The van der Waals surface area contributed by atoms with E-state index < -0.39 is 18.1 Å². The Morgan fingerprint density at radius 3 is 2.11 bits per heavy atom. The summed E-state index contributed by atoms with van der Waals surface area (Å²) in [4.78, 5) is 25.1. The van der Waals surface area contributed by atoms with Crippen molar-refractivity contribution in [2.75, 3.05) is 7.11 Å². The molecule has 1 amide bonds. The van der Waals surface area contributed by atoms with Crippen LogP contribution in [0.5, 0.6) is 0 Å². The van der Waals surface area contributed by atoms with E-state index in [1.54, 1.807) is 0 Å². The van der Waals surface area contributed by atoms with Crippen molar-refractivity contribution in [1.82, 2.24) is 10.6 Å². The molecule has 0 aromatic heterocycles. The van der Waals surface area contributed by atoms with Crippen molar-refractivity contribution < 1.29 is 14.3 Å². The van der Waals surface area contributed by atoms with E-state index in [2.05, 4.69) is 10.6 Å². The first kappa shape index (κ1) is 20.6. The highest BCUT2D eigenvalue weighted by atomic mass is 16.5. The standard InChI is InChI=1S/C22H28N2O3/c1-16(2)14-19(22(26)27-3)24-21(25)20(18-12-8-5-9-13-18)23-15-17-10-6-4-7-11-17/h4-13,16,19-20,23H,14-15H2,1-3H3,(H,24,25)/t19-,20-/m0/s1. The van der Waals surface area contributed by atoms with Gasteiger partial charge in [0.25, 0.3) is 0 Å². The highest BCUT2D eigenvalue weighted by Crippen LogP contribution is 2.16. The molecule has 0 saturated heterocycles. The van der Waals surface area contributed by atoms with Gasteiger partial charge in [-0.2, -0.15) is 0 Å². The highest BCUT2D eigenvalue weighted by Gasteiger charge is 2.27. The molecule has 0 aliphatic heterocycles. The number of methoxy groups -OCH3 is 1. The topological polar surface area (TPSA) is 67.4 Å². The lowest BCUT2D eigenvalue weighted by atomic mass is 10.0. The van der Waals surface area contributed by atoms with Crippen molar-refractivity contribution in [3.8, 4) is 0 Å². The van der Waals surface area contributed by atoms with Crippen molar-refractivity contribution >= 4 is 11.9 Å². The Morgan fingerprint density at radius 1 is 0.963 bits per heavy atom. The number of carbonyl (C=O) groups is 2. The number of esters is 1. The molecule has 0 bridgehead atoms. The molecular weight excluding hydrogens is 340 g/mol. The number of amides is 1. The van der Waals surface area contributed by atoms with Crippen molar-refractivity contribution in [1.29, 1.82) is 0 Å². The second kappa shape index (κ2) is 10.5. The Kier molecular flexibility index (Phi) is 8.01. The fraction of sp³-hybridized carbons (Fsp3) is 0.364. The fourth-order valence-corrected chi connectivity index (χ4v) is 2.91. The first-order valence-electron chi connectivity index (χ1n) is 9.21. The van der Waals surface area contributed by atoms with Crippen LogP contribution < -0.4 is 10.6 Å². The lowest BCUT2D eigenvalue weighted by Gasteiger charge is -2.23. The number of carbonyl (C=O) groups excluding carboxylic acids is 2. The van der Waals surface area contributed by atoms with Crippen molar-refractivity contribution in [2.24, 2.45) is 5.92 Å². The normalized spacial score (nSPS) is 13.0. The van der Waals surface area contributed by atoms with Crippen molar-refractivity contribution in [3.63, 3.8) is 0 Å². The van der Waals surface area contributed by atoms with Gasteiger partial charge in [-0.05, 0) is 23.5 Å². The third-order valence-corrected chi connectivity index (χ3v) is 4.26. The summed E-state index contributed by atoms with van der Waals surface area (Å²) >= 11 is 0. The first-order chi connectivity index (χ1) is 13.0. The molecule has 0 radical (unpaired) electrons. The summed E-state index contributed by atoms with van der Waals surface area (Å²) in [6, 6.07) is 18.2. The Morgan fingerprint density at radius 2 is 1.56 bits per heavy atom. The van der Waals surface area contributed by atoms with Crippen LogP contribution in [-0.2, 0) is 20.9 Å². The number of hydrogen-bond donors (Lipinski definition) is 2. The van der Waals surface area contributed by atoms with Crippen LogP contribution >= 0.6 is 0 Å². The molecule has 27 heavy (non-hydrogen) atoms. The fourth-order valence-electron chi connectivity index (χ4n) is 2.91. The van der Waals surface area contributed by atoms with E-state index in [1.807, 2.05) is 74.5 Å². The van der Waals surface area contributed by atoms with Gasteiger partial charge in [0.15, 0.2) is 0 Å². The second-order valence-corrected chi connectivity index (χ2v) is 6.92.